The van der Waals surface area contributed by atoms with Gasteiger partial charge in [0.15, 0.2) is 0 Å². The molecule has 0 radical (unpaired) electrons. The summed E-state index contributed by atoms with van der Waals surface area (Å²) in [5.74, 6) is 1.84. The van der Waals surface area contributed by atoms with E-state index in [1.54, 1.807) is 43.6 Å². The molecule has 0 spiro atoms. The quantitative estimate of drug-likeness (QED) is 0.635. The molecule has 2 aromatic rings. The number of urea groups is 1. The molecule has 32 heavy (non-hydrogen) atoms. The molecule has 3 atom stereocenters. The summed E-state index contributed by atoms with van der Waals surface area (Å²) in [5.41, 5.74) is -0.0352. The Labute approximate surface area is 182 Å². The van der Waals surface area contributed by atoms with Crippen LogP contribution in [0, 0.1) is 5.92 Å². The molecule has 4 rings (SSSR count). The van der Waals surface area contributed by atoms with E-state index in [-0.39, 0.29) is 23.8 Å². The number of nitrogens with one attached hydrogen (secondary N) is 2. The summed E-state index contributed by atoms with van der Waals surface area (Å²) in [6.07, 6.45) is 2.04. The fraction of sp³-hybridized carbons (Fsp3) is 0.217. The Morgan fingerprint density at radius 3 is 2.66 bits per heavy atom. The maximum atomic E-state index is 12.8. The van der Waals surface area contributed by atoms with Gasteiger partial charge in [0.1, 0.15) is 23.4 Å². The monoisotopic (exact) mass is 443 g/mol. The lowest BCUT2D eigenvalue weighted by Gasteiger charge is -2.13. The van der Waals surface area contributed by atoms with Crippen molar-refractivity contribution in [2.24, 2.45) is 5.92 Å². The Morgan fingerprint density at radius 1 is 1.25 bits per heavy atom. The number of fused-ring (bicyclic) bond motifs is 1. The van der Waals surface area contributed by atoms with Gasteiger partial charge in [-0.2, -0.15) is 13.2 Å². The molecule has 9 heteroatoms. The maximum absolute atomic E-state index is 12.8. The normalized spacial score (nSPS) is 23.4. The first-order valence-electron chi connectivity index (χ1n) is 9.79. The van der Waals surface area contributed by atoms with E-state index >= 15 is 0 Å². The van der Waals surface area contributed by atoms with Crippen molar-refractivity contribution in [3.8, 4) is 5.75 Å². The van der Waals surface area contributed by atoms with Crippen LogP contribution in [0.1, 0.15) is 12.5 Å². The van der Waals surface area contributed by atoms with Crippen molar-refractivity contribution in [1.29, 1.82) is 0 Å². The minimum atomic E-state index is -4.48. The molecule has 2 heterocycles. The van der Waals surface area contributed by atoms with Gasteiger partial charge in [-0.15, -0.1) is 0 Å². The summed E-state index contributed by atoms with van der Waals surface area (Å²) in [5, 5.41) is 5.14. The van der Waals surface area contributed by atoms with E-state index in [2.05, 4.69) is 22.2 Å². The standard InChI is InChI=1S/C23H20F3N3O3/c1-13(31-17-8-10-27-11-9-17)6-7-18-14(2)19-20(21(19)32-18)29-22(30)28-16-5-3-4-15(12-16)23(24,25)26/h3-12,19-21H,2H2,1H3,(H2,28,29,30)/b13-6+,18-7+/t19-,20-,21-/m0/s1. The third-order valence-corrected chi connectivity index (χ3v) is 5.08. The first-order valence-corrected chi connectivity index (χ1v) is 9.79. The molecule has 166 valence electrons. The number of allylic oxidation sites excluding steroid dienone is 4. The first-order chi connectivity index (χ1) is 15.2. The van der Waals surface area contributed by atoms with E-state index in [0.717, 1.165) is 17.7 Å². The van der Waals surface area contributed by atoms with Gasteiger partial charge in [-0.3, -0.25) is 4.98 Å². The van der Waals surface area contributed by atoms with E-state index in [1.807, 2.05) is 0 Å². The van der Waals surface area contributed by atoms with Crippen LogP contribution in [0.2, 0.25) is 0 Å². The fourth-order valence-electron chi connectivity index (χ4n) is 3.46. The van der Waals surface area contributed by atoms with Crippen LogP contribution in [-0.4, -0.2) is 23.2 Å². The van der Waals surface area contributed by atoms with Crippen molar-refractivity contribution in [2.45, 2.75) is 25.2 Å². The lowest BCUT2D eigenvalue weighted by Crippen LogP contribution is -2.34. The number of alkyl halides is 3. The highest BCUT2D eigenvalue weighted by molar-refractivity contribution is 5.90. The molecule has 1 aliphatic heterocycles. The number of anilines is 1. The zero-order valence-electron chi connectivity index (χ0n) is 17.0. The van der Waals surface area contributed by atoms with Gasteiger partial charge < -0.3 is 20.1 Å². The Kier molecular flexibility index (Phi) is 5.65. The van der Waals surface area contributed by atoms with Gasteiger partial charge in [0.05, 0.1) is 17.5 Å². The minimum Gasteiger partial charge on any atom is -0.487 e. The number of aromatic nitrogens is 1. The van der Waals surface area contributed by atoms with Crippen LogP contribution in [-0.2, 0) is 10.9 Å². The Balaban J connectivity index is 1.30. The SMILES string of the molecule is C=C1/C(=C\C=C(/C)Oc2ccncc2)O[C@@H]2[C@@H](NC(=O)Nc3cccc(C(F)(F)F)c3)[C@H]12. The van der Waals surface area contributed by atoms with E-state index in [9.17, 15) is 18.0 Å². The van der Waals surface area contributed by atoms with Gasteiger partial charge in [0, 0.05) is 18.1 Å². The van der Waals surface area contributed by atoms with Gasteiger partial charge in [-0.05, 0) is 55.0 Å². The van der Waals surface area contributed by atoms with E-state index in [0.29, 0.717) is 17.3 Å². The van der Waals surface area contributed by atoms with Crippen LogP contribution >= 0.6 is 0 Å². The number of ether oxygens (including phenoxy) is 2. The highest BCUT2D eigenvalue weighted by atomic mass is 19.4. The zero-order chi connectivity index (χ0) is 22.9. The second kappa shape index (κ2) is 8.41. The number of amides is 2. The van der Waals surface area contributed by atoms with Crippen LogP contribution in [0.5, 0.6) is 5.75 Å². The average Bonchev–Trinajstić information content (AvgIpc) is 3.30. The fourth-order valence-corrected chi connectivity index (χ4v) is 3.46. The third kappa shape index (κ3) is 4.77. The molecule has 2 N–H and O–H groups in total. The Morgan fingerprint density at radius 2 is 2.00 bits per heavy atom. The lowest BCUT2D eigenvalue weighted by atomic mass is 10.1. The number of carbonyl (C=O) groups excluding carboxylic acids is 1. The Hall–Kier alpha value is -3.75. The minimum absolute atomic E-state index is 0.0540. The van der Waals surface area contributed by atoms with Crippen LogP contribution in [0.4, 0.5) is 23.7 Å². The van der Waals surface area contributed by atoms with Crippen molar-refractivity contribution in [2.75, 3.05) is 5.32 Å². The number of halogens is 3. The molecule has 2 fully saturated rings. The van der Waals surface area contributed by atoms with Crippen molar-refractivity contribution in [3.63, 3.8) is 0 Å². The molecular weight excluding hydrogens is 423 g/mol. The van der Waals surface area contributed by atoms with Gasteiger partial charge in [-0.25, -0.2) is 4.79 Å². The van der Waals surface area contributed by atoms with Gasteiger partial charge in [0.2, 0.25) is 0 Å². The summed E-state index contributed by atoms with van der Waals surface area (Å²) in [4.78, 5) is 16.1. The molecule has 1 aromatic heterocycles. The van der Waals surface area contributed by atoms with Gasteiger partial charge in [0.25, 0.3) is 0 Å². The van der Waals surface area contributed by atoms with Crippen LogP contribution < -0.4 is 15.4 Å². The van der Waals surface area contributed by atoms with E-state index in [4.69, 9.17) is 9.47 Å². The molecule has 1 saturated heterocycles. The lowest BCUT2D eigenvalue weighted by molar-refractivity contribution is -0.137. The Bertz CT molecular complexity index is 1100. The molecule has 1 aliphatic carbocycles. The van der Waals surface area contributed by atoms with Crippen molar-refractivity contribution >= 4 is 11.7 Å². The van der Waals surface area contributed by atoms with Gasteiger partial charge in [-0.1, -0.05) is 12.6 Å². The van der Waals surface area contributed by atoms with Crippen LogP contribution in [0.3, 0.4) is 0 Å². The number of carbonyl (C=O) groups is 1. The van der Waals surface area contributed by atoms with Crippen molar-refractivity contribution < 1.29 is 27.4 Å². The molecule has 0 unspecified atom stereocenters. The summed E-state index contributed by atoms with van der Waals surface area (Å²) < 4.78 is 49.9. The molecule has 6 nitrogen and oxygen atoms in total. The van der Waals surface area contributed by atoms with Crippen molar-refractivity contribution in [3.05, 3.63) is 90.2 Å². The third-order valence-electron chi connectivity index (χ3n) is 5.08. The van der Waals surface area contributed by atoms with Crippen molar-refractivity contribution in [1.82, 2.24) is 10.3 Å². The predicted molar refractivity (Wildman–Crippen MR) is 112 cm³/mol. The summed E-state index contributed by atoms with van der Waals surface area (Å²) in [7, 11) is 0. The number of pyridine rings is 1. The van der Waals surface area contributed by atoms with Crippen LogP contribution in [0.15, 0.2) is 84.6 Å². The highest BCUT2D eigenvalue weighted by Gasteiger charge is 2.60. The number of hydrogen-bond acceptors (Lipinski definition) is 4. The largest absolute Gasteiger partial charge is 0.487 e. The summed E-state index contributed by atoms with van der Waals surface area (Å²) >= 11 is 0. The first kappa shape index (κ1) is 21.5. The summed E-state index contributed by atoms with van der Waals surface area (Å²) in [6, 6.07) is 7.04. The molecule has 2 aliphatic rings. The van der Waals surface area contributed by atoms with Crippen LogP contribution in [0.25, 0.3) is 0 Å². The molecule has 0 bridgehead atoms. The second-order valence-electron chi connectivity index (χ2n) is 7.43. The van der Waals surface area contributed by atoms with Gasteiger partial charge >= 0.3 is 12.2 Å². The maximum Gasteiger partial charge on any atom is 0.416 e. The second-order valence-corrected chi connectivity index (χ2v) is 7.43. The average molecular weight is 443 g/mol. The number of benzene rings is 1. The molecular formula is C23H20F3N3O3. The zero-order valence-corrected chi connectivity index (χ0v) is 17.0. The molecule has 1 saturated carbocycles. The predicted octanol–water partition coefficient (Wildman–Crippen LogP) is 5.04. The summed E-state index contributed by atoms with van der Waals surface area (Å²) in [6.45, 7) is 5.84. The highest BCUT2D eigenvalue weighted by Crippen LogP contribution is 2.50. The molecule has 1 aromatic carbocycles. The number of rotatable bonds is 5. The number of hydrogen-bond donors (Lipinski definition) is 2. The number of nitrogens with zero attached hydrogens (tertiary/aromatic N) is 1. The topological polar surface area (TPSA) is 72.5 Å². The van der Waals surface area contributed by atoms with E-state index < -0.39 is 17.8 Å². The molecule has 2 amide bonds. The smallest absolute Gasteiger partial charge is 0.416 e. The van der Waals surface area contributed by atoms with E-state index in [1.165, 1.54) is 12.1 Å².